The minimum atomic E-state index is 0.0855. The lowest BCUT2D eigenvalue weighted by Gasteiger charge is -2.08. The van der Waals surface area contributed by atoms with Crippen molar-refractivity contribution in [3.05, 3.63) is 28.2 Å². The maximum Gasteiger partial charge on any atom is 0.235 e. The summed E-state index contributed by atoms with van der Waals surface area (Å²) in [7, 11) is 0. The summed E-state index contributed by atoms with van der Waals surface area (Å²) in [4.78, 5) is 0. The van der Waals surface area contributed by atoms with E-state index in [0.29, 0.717) is 5.88 Å². The first-order valence-corrected chi connectivity index (χ1v) is 5.94. The first kappa shape index (κ1) is 11.3. The van der Waals surface area contributed by atoms with Crippen molar-refractivity contribution in [3.63, 3.8) is 0 Å². The first-order chi connectivity index (χ1) is 7.65. The molecule has 0 saturated carbocycles. The maximum absolute atomic E-state index is 5.47. The maximum atomic E-state index is 5.47. The van der Waals surface area contributed by atoms with Crippen molar-refractivity contribution < 1.29 is 4.74 Å². The van der Waals surface area contributed by atoms with Crippen LogP contribution in [0.25, 0.3) is 5.69 Å². The van der Waals surface area contributed by atoms with Crippen molar-refractivity contribution in [2.75, 3.05) is 0 Å². The highest BCUT2D eigenvalue weighted by atomic mass is 127. The van der Waals surface area contributed by atoms with Gasteiger partial charge >= 0.3 is 0 Å². The second-order valence-electron chi connectivity index (χ2n) is 3.50. The zero-order valence-corrected chi connectivity index (χ0v) is 11.1. The first-order valence-electron chi connectivity index (χ1n) is 4.86. The van der Waals surface area contributed by atoms with Crippen molar-refractivity contribution in [1.82, 2.24) is 20.0 Å². The summed E-state index contributed by atoms with van der Waals surface area (Å²) >= 11 is 2.16. The molecule has 16 heavy (non-hydrogen) atoms. The van der Waals surface area contributed by atoms with E-state index in [2.05, 4.69) is 37.9 Å². The van der Waals surface area contributed by atoms with Crippen molar-refractivity contribution in [2.24, 2.45) is 0 Å². The third-order valence-electron chi connectivity index (χ3n) is 1.80. The molecule has 0 amide bonds. The largest absolute Gasteiger partial charge is 0.474 e. The Balaban J connectivity index is 2.28. The Morgan fingerprint density at radius 3 is 2.88 bits per heavy atom. The second-order valence-corrected chi connectivity index (χ2v) is 4.61. The standard InChI is InChI=1S/C10H11IN4O/c1-7(2)16-10-5-8(6-12-13-10)15-4-3-9(11)14-15/h3-7H,1-2H3. The molecule has 0 unspecified atom stereocenters. The van der Waals surface area contributed by atoms with E-state index >= 15 is 0 Å². The van der Waals surface area contributed by atoms with Gasteiger partial charge < -0.3 is 4.74 Å². The molecule has 2 aromatic heterocycles. The van der Waals surface area contributed by atoms with Gasteiger partial charge in [0.25, 0.3) is 0 Å². The molecule has 2 rings (SSSR count). The van der Waals surface area contributed by atoms with Crippen molar-refractivity contribution >= 4 is 22.6 Å². The summed E-state index contributed by atoms with van der Waals surface area (Å²) in [6.07, 6.45) is 3.61. The minimum Gasteiger partial charge on any atom is -0.474 e. The third kappa shape index (κ3) is 2.69. The van der Waals surface area contributed by atoms with Crippen molar-refractivity contribution in [3.8, 4) is 11.6 Å². The van der Waals surface area contributed by atoms with Crippen LogP contribution in [0.1, 0.15) is 13.8 Å². The molecule has 0 N–H and O–H groups in total. The summed E-state index contributed by atoms with van der Waals surface area (Å²) in [6.45, 7) is 3.90. The number of halogens is 1. The van der Waals surface area contributed by atoms with Gasteiger partial charge in [0.1, 0.15) is 3.70 Å². The van der Waals surface area contributed by atoms with Gasteiger partial charge in [0.2, 0.25) is 5.88 Å². The molecule has 0 fully saturated rings. The molecule has 0 aliphatic rings. The number of hydrogen-bond acceptors (Lipinski definition) is 4. The summed E-state index contributed by atoms with van der Waals surface area (Å²) < 4.78 is 8.14. The van der Waals surface area contributed by atoms with Crippen LogP contribution in [0.2, 0.25) is 0 Å². The molecular formula is C10H11IN4O. The predicted molar refractivity (Wildman–Crippen MR) is 67.6 cm³/mol. The lowest BCUT2D eigenvalue weighted by atomic mass is 10.4. The van der Waals surface area contributed by atoms with Gasteiger partial charge in [-0.1, -0.05) is 0 Å². The quantitative estimate of drug-likeness (QED) is 0.809. The van der Waals surface area contributed by atoms with Gasteiger partial charge in [0.05, 0.1) is 18.0 Å². The van der Waals surface area contributed by atoms with E-state index in [4.69, 9.17) is 4.74 Å². The fourth-order valence-electron chi connectivity index (χ4n) is 1.21. The zero-order valence-electron chi connectivity index (χ0n) is 8.96. The highest BCUT2D eigenvalue weighted by Crippen LogP contribution is 2.13. The number of ether oxygens (including phenoxy) is 1. The number of aromatic nitrogens is 4. The SMILES string of the molecule is CC(C)Oc1cc(-n2ccc(I)n2)cnn1. The molecule has 0 aromatic carbocycles. The molecule has 2 aromatic rings. The minimum absolute atomic E-state index is 0.0855. The van der Waals surface area contributed by atoms with Crippen LogP contribution in [0.5, 0.6) is 5.88 Å². The molecule has 84 valence electrons. The number of hydrogen-bond donors (Lipinski definition) is 0. The number of nitrogens with zero attached hydrogens (tertiary/aromatic N) is 4. The molecular weight excluding hydrogens is 319 g/mol. The molecule has 0 bridgehead atoms. The Hall–Kier alpha value is -1.18. The summed E-state index contributed by atoms with van der Waals surface area (Å²) in [6, 6.07) is 3.74. The monoisotopic (exact) mass is 330 g/mol. The average Bonchev–Trinajstić information content (AvgIpc) is 2.64. The van der Waals surface area contributed by atoms with Crippen LogP contribution in [-0.4, -0.2) is 26.1 Å². The van der Waals surface area contributed by atoms with Gasteiger partial charge in [-0.15, -0.1) is 5.10 Å². The highest BCUT2D eigenvalue weighted by Gasteiger charge is 2.04. The fourth-order valence-corrected chi connectivity index (χ4v) is 1.60. The fraction of sp³-hybridized carbons (Fsp3) is 0.300. The molecule has 0 saturated heterocycles. The van der Waals surface area contributed by atoms with Crippen LogP contribution in [-0.2, 0) is 0 Å². The Morgan fingerprint density at radius 1 is 1.44 bits per heavy atom. The summed E-state index contributed by atoms with van der Waals surface area (Å²) in [5.41, 5.74) is 0.841. The lowest BCUT2D eigenvalue weighted by molar-refractivity contribution is 0.230. The van der Waals surface area contributed by atoms with Crippen molar-refractivity contribution in [1.29, 1.82) is 0 Å². The Labute approximate surface area is 107 Å². The van der Waals surface area contributed by atoms with Crippen LogP contribution in [0.3, 0.4) is 0 Å². The average molecular weight is 330 g/mol. The topological polar surface area (TPSA) is 52.8 Å². The highest BCUT2D eigenvalue weighted by molar-refractivity contribution is 14.1. The Kier molecular flexibility index (Phi) is 3.37. The van der Waals surface area contributed by atoms with Gasteiger partial charge in [0, 0.05) is 12.3 Å². The summed E-state index contributed by atoms with van der Waals surface area (Å²) in [5, 5.41) is 12.1. The smallest absolute Gasteiger partial charge is 0.235 e. The van der Waals surface area contributed by atoms with Crippen LogP contribution in [0, 0.1) is 3.70 Å². The predicted octanol–water partition coefficient (Wildman–Crippen LogP) is 2.05. The molecule has 5 nitrogen and oxygen atoms in total. The van der Waals surface area contributed by atoms with Crippen LogP contribution in [0.15, 0.2) is 24.5 Å². The van der Waals surface area contributed by atoms with Crippen LogP contribution in [0.4, 0.5) is 0 Å². The van der Waals surface area contributed by atoms with E-state index in [1.165, 1.54) is 0 Å². The van der Waals surface area contributed by atoms with E-state index in [-0.39, 0.29) is 6.10 Å². The molecule has 0 spiro atoms. The Morgan fingerprint density at radius 2 is 2.25 bits per heavy atom. The van der Waals surface area contributed by atoms with E-state index in [0.717, 1.165) is 9.39 Å². The molecule has 0 aliphatic heterocycles. The van der Waals surface area contributed by atoms with E-state index in [9.17, 15) is 0 Å². The second kappa shape index (κ2) is 4.77. The molecule has 2 heterocycles. The molecule has 0 radical (unpaired) electrons. The van der Waals surface area contributed by atoms with Gasteiger partial charge in [-0.05, 0) is 42.5 Å². The van der Waals surface area contributed by atoms with Gasteiger partial charge in [-0.3, -0.25) is 0 Å². The summed E-state index contributed by atoms with van der Waals surface area (Å²) in [5.74, 6) is 0.512. The van der Waals surface area contributed by atoms with E-state index < -0.39 is 0 Å². The molecule has 0 atom stereocenters. The Bertz CT molecular complexity index is 483. The zero-order chi connectivity index (χ0) is 11.5. The van der Waals surface area contributed by atoms with Gasteiger partial charge in [-0.2, -0.15) is 10.2 Å². The van der Waals surface area contributed by atoms with Crippen molar-refractivity contribution in [2.45, 2.75) is 20.0 Å². The van der Waals surface area contributed by atoms with Crippen LogP contribution >= 0.6 is 22.6 Å². The van der Waals surface area contributed by atoms with Crippen LogP contribution < -0.4 is 4.74 Å². The lowest BCUT2D eigenvalue weighted by Crippen LogP contribution is -2.08. The van der Waals surface area contributed by atoms with Gasteiger partial charge in [0.15, 0.2) is 0 Å². The third-order valence-corrected chi connectivity index (χ3v) is 2.37. The number of rotatable bonds is 3. The molecule has 6 heteroatoms. The normalized spacial score (nSPS) is 10.8. The van der Waals surface area contributed by atoms with E-state index in [1.807, 2.05) is 32.2 Å². The molecule has 0 aliphatic carbocycles. The van der Waals surface area contributed by atoms with Gasteiger partial charge in [-0.25, -0.2) is 4.68 Å². The van der Waals surface area contributed by atoms with E-state index in [1.54, 1.807) is 10.9 Å².